The summed E-state index contributed by atoms with van der Waals surface area (Å²) < 4.78 is 10.9. The number of rotatable bonds is 2. The maximum Gasteiger partial charge on any atom is 0.408 e. The van der Waals surface area contributed by atoms with Crippen LogP contribution < -0.4 is 5.32 Å². The highest BCUT2D eigenvalue weighted by Gasteiger charge is 2.57. The molecular weight excluding hydrogens is 254 g/mol. The van der Waals surface area contributed by atoms with E-state index >= 15 is 0 Å². The first kappa shape index (κ1) is 13.4. The van der Waals surface area contributed by atoms with E-state index in [1.807, 2.05) is 39.0 Å². The molecule has 3 atom stereocenters. The van der Waals surface area contributed by atoms with Crippen LogP contribution in [0.3, 0.4) is 0 Å². The van der Waals surface area contributed by atoms with Crippen molar-refractivity contribution < 1.29 is 14.3 Å². The average molecular weight is 275 g/mol. The van der Waals surface area contributed by atoms with E-state index in [9.17, 15) is 4.79 Å². The van der Waals surface area contributed by atoms with E-state index < -0.39 is 5.60 Å². The molecule has 1 aliphatic heterocycles. The Kier molecular flexibility index (Phi) is 3.01. The number of epoxide rings is 1. The molecule has 4 heteroatoms. The van der Waals surface area contributed by atoms with Gasteiger partial charge in [0.15, 0.2) is 0 Å². The molecule has 1 heterocycles. The second-order valence-electron chi connectivity index (χ2n) is 6.70. The Balaban J connectivity index is 1.79. The molecular formula is C16H21NO3. The van der Waals surface area contributed by atoms with Crippen molar-refractivity contribution >= 4 is 6.09 Å². The number of nitrogens with one attached hydrogen (secondary N) is 1. The third kappa shape index (κ3) is 2.66. The SMILES string of the molecule is CC(C)(C)OC(=O)N[C@@]1(c2ccccc2)C[C@@H]2O[C@@H]2C1. The number of carbonyl (C=O) groups excluding carboxylic acids is 1. The minimum Gasteiger partial charge on any atom is -0.444 e. The Morgan fingerprint density at radius 3 is 2.40 bits per heavy atom. The van der Waals surface area contributed by atoms with Gasteiger partial charge in [0, 0.05) is 12.8 Å². The van der Waals surface area contributed by atoms with E-state index in [2.05, 4.69) is 17.4 Å². The third-order valence-corrected chi connectivity index (χ3v) is 3.85. The summed E-state index contributed by atoms with van der Waals surface area (Å²) in [5.74, 6) is 0. The zero-order valence-electron chi connectivity index (χ0n) is 12.2. The number of amides is 1. The van der Waals surface area contributed by atoms with Crippen molar-refractivity contribution in [1.29, 1.82) is 0 Å². The fourth-order valence-corrected chi connectivity index (χ4v) is 2.97. The quantitative estimate of drug-likeness (QED) is 0.844. The molecule has 0 bridgehead atoms. The fourth-order valence-electron chi connectivity index (χ4n) is 2.97. The highest BCUT2D eigenvalue weighted by molar-refractivity contribution is 5.69. The molecule has 0 radical (unpaired) electrons. The van der Waals surface area contributed by atoms with Gasteiger partial charge in [-0.1, -0.05) is 30.3 Å². The van der Waals surface area contributed by atoms with E-state index in [-0.39, 0.29) is 23.8 Å². The van der Waals surface area contributed by atoms with Gasteiger partial charge in [0.05, 0.1) is 17.7 Å². The standard InChI is InChI=1S/C16H21NO3/c1-15(2,3)20-14(18)17-16(9-12-13(10-16)19-12)11-7-5-4-6-8-11/h4-8,12-13H,9-10H2,1-3H3,(H,17,18)/t12-,13+,16-. The van der Waals surface area contributed by atoms with Gasteiger partial charge in [-0.25, -0.2) is 4.79 Å². The monoisotopic (exact) mass is 275 g/mol. The van der Waals surface area contributed by atoms with Crippen LogP contribution in [0.1, 0.15) is 39.2 Å². The largest absolute Gasteiger partial charge is 0.444 e. The normalized spacial score (nSPS) is 31.6. The Bertz CT molecular complexity index is 496. The van der Waals surface area contributed by atoms with Gasteiger partial charge < -0.3 is 14.8 Å². The molecule has 20 heavy (non-hydrogen) atoms. The van der Waals surface area contributed by atoms with Crippen LogP contribution in [0.2, 0.25) is 0 Å². The molecule has 1 aromatic carbocycles. The molecule has 0 unspecified atom stereocenters. The lowest BCUT2D eigenvalue weighted by Crippen LogP contribution is -2.47. The Labute approximate surface area is 119 Å². The highest BCUT2D eigenvalue weighted by Crippen LogP contribution is 2.49. The van der Waals surface area contributed by atoms with E-state index in [1.54, 1.807) is 0 Å². The zero-order chi connectivity index (χ0) is 14.4. The lowest BCUT2D eigenvalue weighted by Gasteiger charge is -2.33. The predicted molar refractivity (Wildman–Crippen MR) is 75.4 cm³/mol. The third-order valence-electron chi connectivity index (χ3n) is 3.85. The molecule has 4 nitrogen and oxygen atoms in total. The summed E-state index contributed by atoms with van der Waals surface area (Å²) in [6, 6.07) is 10.1. The van der Waals surface area contributed by atoms with Crippen LogP contribution in [0.5, 0.6) is 0 Å². The average Bonchev–Trinajstić information content (AvgIpc) is 2.96. The smallest absolute Gasteiger partial charge is 0.408 e. The first-order valence-corrected chi connectivity index (χ1v) is 7.10. The number of hydrogen-bond acceptors (Lipinski definition) is 3. The Morgan fingerprint density at radius 1 is 1.25 bits per heavy atom. The molecule has 0 aromatic heterocycles. The topological polar surface area (TPSA) is 50.9 Å². The van der Waals surface area contributed by atoms with Gasteiger partial charge in [-0.05, 0) is 26.3 Å². The Morgan fingerprint density at radius 2 is 1.85 bits per heavy atom. The van der Waals surface area contributed by atoms with Gasteiger partial charge in [0.25, 0.3) is 0 Å². The van der Waals surface area contributed by atoms with Gasteiger partial charge in [-0.2, -0.15) is 0 Å². The van der Waals surface area contributed by atoms with E-state index in [4.69, 9.17) is 9.47 Å². The summed E-state index contributed by atoms with van der Waals surface area (Å²) in [4.78, 5) is 12.1. The summed E-state index contributed by atoms with van der Waals surface area (Å²) in [5, 5.41) is 3.08. The van der Waals surface area contributed by atoms with Crippen LogP contribution in [0, 0.1) is 0 Å². The van der Waals surface area contributed by atoms with Crippen molar-refractivity contribution in [2.24, 2.45) is 0 Å². The predicted octanol–water partition coefficient (Wildman–Crippen LogP) is 2.97. The summed E-state index contributed by atoms with van der Waals surface area (Å²) in [7, 11) is 0. The molecule has 1 saturated heterocycles. The van der Waals surface area contributed by atoms with Gasteiger partial charge >= 0.3 is 6.09 Å². The van der Waals surface area contributed by atoms with Crippen molar-refractivity contribution in [3.63, 3.8) is 0 Å². The molecule has 3 rings (SSSR count). The number of hydrogen-bond donors (Lipinski definition) is 1. The minimum absolute atomic E-state index is 0.283. The number of fused-ring (bicyclic) bond motifs is 1. The van der Waals surface area contributed by atoms with Gasteiger partial charge in [0.2, 0.25) is 0 Å². The molecule has 108 valence electrons. The summed E-state index contributed by atoms with van der Waals surface area (Å²) in [6.45, 7) is 5.62. The summed E-state index contributed by atoms with van der Waals surface area (Å²) in [5.41, 5.74) is 0.290. The molecule has 1 aliphatic carbocycles. The highest BCUT2D eigenvalue weighted by atomic mass is 16.6. The van der Waals surface area contributed by atoms with Gasteiger partial charge in [0.1, 0.15) is 5.60 Å². The molecule has 1 aromatic rings. The lowest BCUT2D eigenvalue weighted by atomic mass is 9.87. The summed E-state index contributed by atoms with van der Waals surface area (Å²) in [6.07, 6.45) is 1.85. The van der Waals surface area contributed by atoms with Crippen LogP contribution in [0.4, 0.5) is 4.79 Å². The van der Waals surface area contributed by atoms with Crippen LogP contribution >= 0.6 is 0 Å². The minimum atomic E-state index is -0.486. The van der Waals surface area contributed by atoms with E-state index in [1.165, 1.54) is 0 Å². The molecule has 2 fully saturated rings. The van der Waals surface area contributed by atoms with Crippen LogP contribution in [-0.2, 0) is 15.0 Å². The molecule has 2 aliphatic rings. The second kappa shape index (κ2) is 4.48. The van der Waals surface area contributed by atoms with Crippen molar-refractivity contribution in [3.8, 4) is 0 Å². The van der Waals surface area contributed by atoms with Crippen LogP contribution in [0.15, 0.2) is 30.3 Å². The van der Waals surface area contributed by atoms with Crippen molar-refractivity contribution in [3.05, 3.63) is 35.9 Å². The van der Waals surface area contributed by atoms with E-state index in [0.29, 0.717) is 0 Å². The zero-order valence-corrected chi connectivity index (χ0v) is 12.2. The molecule has 1 saturated carbocycles. The number of carbonyl (C=O) groups is 1. The molecule has 1 amide bonds. The molecule has 0 spiro atoms. The first-order chi connectivity index (χ1) is 9.38. The molecule has 1 N–H and O–H groups in total. The van der Waals surface area contributed by atoms with Crippen LogP contribution in [-0.4, -0.2) is 23.9 Å². The van der Waals surface area contributed by atoms with Gasteiger partial charge in [-0.3, -0.25) is 0 Å². The summed E-state index contributed by atoms with van der Waals surface area (Å²) >= 11 is 0. The van der Waals surface area contributed by atoms with Crippen LogP contribution in [0.25, 0.3) is 0 Å². The van der Waals surface area contributed by atoms with Crippen molar-refractivity contribution in [2.75, 3.05) is 0 Å². The maximum absolute atomic E-state index is 12.1. The number of ether oxygens (including phenoxy) is 2. The van der Waals surface area contributed by atoms with E-state index in [0.717, 1.165) is 18.4 Å². The van der Waals surface area contributed by atoms with Crippen molar-refractivity contribution in [1.82, 2.24) is 5.32 Å². The number of alkyl carbamates (subject to hydrolysis) is 1. The second-order valence-corrected chi connectivity index (χ2v) is 6.70. The lowest BCUT2D eigenvalue weighted by molar-refractivity contribution is 0.0427. The first-order valence-electron chi connectivity index (χ1n) is 7.10. The number of benzene rings is 1. The maximum atomic E-state index is 12.1. The Hall–Kier alpha value is -1.55. The van der Waals surface area contributed by atoms with Crippen molar-refractivity contribution in [2.45, 2.75) is 57.0 Å². The van der Waals surface area contributed by atoms with Gasteiger partial charge in [-0.15, -0.1) is 0 Å². The fraction of sp³-hybridized carbons (Fsp3) is 0.562.